The van der Waals surface area contributed by atoms with Gasteiger partial charge in [0.05, 0.1) is 0 Å². The van der Waals surface area contributed by atoms with Crippen molar-refractivity contribution in [3.63, 3.8) is 0 Å². The number of fused-ring (bicyclic) bond motifs is 1. The fraction of sp³-hybridized carbons (Fsp3) is 0.0714. The van der Waals surface area contributed by atoms with Gasteiger partial charge in [0.2, 0.25) is 0 Å². The molecule has 0 heterocycles. The number of hydrogen-bond acceptors (Lipinski definition) is 1. The van der Waals surface area contributed by atoms with Gasteiger partial charge < -0.3 is 5.11 Å². The lowest BCUT2D eigenvalue weighted by Gasteiger charge is -2.33. The molecule has 0 bridgehead atoms. The Morgan fingerprint density at radius 1 is 0.633 bits per heavy atom. The number of benzene rings is 4. The Hall–Kier alpha value is -2.99. The number of rotatable bonds is 4. The van der Waals surface area contributed by atoms with Crippen molar-refractivity contribution < 1.29 is 5.11 Å². The molecule has 2 heteroatoms. The molecule has 0 saturated carbocycles. The Morgan fingerprint density at radius 3 is 1.90 bits per heavy atom. The van der Waals surface area contributed by atoms with Gasteiger partial charge in [-0.2, -0.15) is 0 Å². The van der Waals surface area contributed by atoms with Crippen molar-refractivity contribution in [2.24, 2.45) is 0 Å². The molecule has 1 atom stereocenters. The summed E-state index contributed by atoms with van der Waals surface area (Å²) in [6.45, 7) is 0. The molecule has 1 N–H and O–H groups in total. The fourth-order valence-corrected chi connectivity index (χ4v) is 6.77. The lowest BCUT2D eigenvalue weighted by Crippen LogP contribution is -2.35. The summed E-state index contributed by atoms with van der Waals surface area (Å²) in [6.07, 6.45) is 4.62. The van der Waals surface area contributed by atoms with Gasteiger partial charge >= 0.3 is 0 Å². The Labute approximate surface area is 179 Å². The van der Waals surface area contributed by atoms with Crippen LogP contribution in [0.25, 0.3) is 6.08 Å². The van der Waals surface area contributed by atoms with E-state index in [2.05, 4.69) is 97.1 Å². The highest BCUT2D eigenvalue weighted by atomic mass is 31.1. The van der Waals surface area contributed by atoms with Gasteiger partial charge in [-0.15, -0.1) is 0 Å². The van der Waals surface area contributed by atoms with Crippen molar-refractivity contribution in [1.29, 1.82) is 0 Å². The van der Waals surface area contributed by atoms with Gasteiger partial charge in [0.15, 0.2) is 0 Å². The summed E-state index contributed by atoms with van der Waals surface area (Å²) in [5.74, 6) is 0. The Balaban J connectivity index is 1.67. The quantitative estimate of drug-likeness (QED) is 0.478. The van der Waals surface area contributed by atoms with E-state index in [9.17, 15) is 5.11 Å². The van der Waals surface area contributed by atoms with Crippen molar-refractivity contribution in [2.45, 2.75) is 12.0 Å². The zero-order valence-corrected chi connectivity index (χ0v) is 17.5. The van der Waals surface area contributed by atoms with E-state index in [0.717, 1.165) is 5.56 Å². The maximum Gasteiger partial charge on any atom is 0.113 e. The first-order valence-electron chi connectivity index (χ1n) is 10.2. The molecule has 0 amide bonds. The Kier molecular flexibility index (Phi) is 5.09. The molecule has 0 aromatic heterocycles. The molecule has 1 nitrogen and oxygen atoms in total. The first-order chi connectivity index (χ1) is 14.7. The van der Waals surface area contributed by atoms with Crippen molar-refractivity contribution >= 4 is 29.9 Å². The molecule has 1 unspecified atom stereocenters. The highest BCUT2D eigenvalue weighted by Crippen LogP contribution is 2.40. The summed E-state index contributed by atoms with van der Waals surface area (Å²) in [6, 6.07) is 38.0. The second-order valence-corrected chi connectivity index (χ2v) is 9.84. The minimum absolute atomic E-state index is 0.587. The maximum absolute atomic E-state index is 11.8. The van der Waals surface area contributed by atoms with E-state index in [4.69, 9.17) is 0 Å². The minimum Gasteiger partial charge on any atom is -0.381 e. The van der Waals surface area contributed by atoms with Crippen molar-refractivity contribution in [3.05, 3.63) is 132 Å². The van der Waals surface area contributed by atoms with Gasteiger partial charge in [-0.05, 0) is 46.6 Å². The molecular weight excluding hydrogens is 383 g/mol. The average molecular weight is 406 g/mol. The van der Waals surface area contributed by atoms with Gasteiger partial charge in [0, 0.05) is 6.42 Å². The fourth-order valence-electron chi connectivity index (χ4n) is 4.24. The molecule has 30 heavy (non-hydrogen) atoms. The number of hydrogen-bond donors (Lipinski definition) is 1. The van der Waals surface area contributed by atoms with E-state index < -0.39 is 13.5 Å². The van der Waals surface area contributed by atoms with Crippen LogP contribution in [-0.4, -0.2) is 5.11 Å². The first-order valence-corrected chi connectivity index (χ1v) is 11.6. The molecule has 1 aliphatic carbocycles. The van der Waals surface area contributed by atoms with E-state index >= 15 is 0 Å². The van der Waals surface area contributed by atoms with Gasteiger partial charge in [0.25, 0.3) is 0 Å². The lowest BCUT2D eigenvalue weighted by molar-refractivity contribution is 0.0904. The highest BCUT2D eigenvalue weighted by Gasteiger charge is 2.34. The van der Waals surface area contributed by atoms with Crippen LogP contribution in [-0.2, 0) is 12.0 Å². The van der Waals surface area contributed by atoms with Crippen LogP contribution in [0.3, 0.4) is 0 Å². The molecule has 0 spiro atoms. The number of aliphatic hydroxyl groups is 1. The molecule has 1 aliphatic rings. The molecular formula is C28H23OP. The summed E-state index contributed by atoms with van der Waals surface area (Å²) < 4.78 is 0. The predicted molar refractivity (Wildman–Crippen MR) is 128 cm³/mol. The molecule has 0 radical (unpaired) electrons. The van der Waals surface area contributed by atoms with E-state index in [0.29, 0.717) is 6.42 Å². The second kappa shape index (κ2) is 8.03. The Morgan fingerprint density at radius 2 is 1.20 bits per heavy atom. The van der Waals surface area contributed by atoms with Crippen LogP contribution in [0.5, 0.6) is 0 Å². The van der Waals surface area contributed by atoms with Crippen LogP contribution in [0, 0.1) is 0 Å². The molecule has 4 aromatic rings. The van der Waals surface area contributed by atoms with Crippen LogP contribution in [0.4, 0.5) is 0 Å². The SMILES string of the molecule is OC1(c2ccccc2P(c2ccccc2)c2ccccc2)C=Cc2ccccc2C1. The van der Waals surface area contributed by atoms with E-state index in [1.807, 2.05) is 24.3 Å². The third-order valence-corrected chi connectivity index (χ3v) is 8.19. The van der Waals surface area contributed by atoms with E-state index in [1.54, 1.807) is 0 Å². The van der Waals surface area contributed by atoms with Crippen molar-refractivity contribution in [3.8, 4) is 0 Å². The normalized spacial score (nSPS) is 17.7. The van der Waals surface area contributed by atoms with Crippen LogP contribution >= 0.6 is 7.92 Å². The zero-order chi connectivity index (χ0) is 20.4. The highest BCUT2D eigenvalue weighted by molar-refractivity contribution is 7.79. The molecule has 0 fully saturated rings. The summed E-state index contributed by atoms with van der Waals surface area (Å²) >= 11 is 0. The van der Waals surface area contributed by atoms with Gasteiger partial charge in [-0.1, -0.05) is 115 Å². The molecule has 5 rings (SSSR count). The molecule has 4 aromatic carbocycles. The third-order valence-electron chi connectivity index (χ3n) is 5.69. The molecule has 0 aliphatic heterocycles. The van der Waals surface area contributed by atoms with Gasteiger partial charge in [-0.25, -0.2) is 0 Å². The Bertz CT molecular complexity index is 1140. The van der Waals surface area contributed by atoms with E-state index in [-0.39, 0.29) is 0 Å². The van der Waals surface area contributed by atoms with Crippen molar-refractivity contribution in [2.75, 3.05) is 0 Å². The summed E-state index contributed by atoms with van der Waals surface area (Å²) in [4.78, 5) is 0. The molecule has 146 valence electrons. The second-order valence-electron chi connectivity index (χ2n) is 7.66. The van der Waals surface area contributed by atoms with Gasteiger partial charge in [0.1, 0.15) is 5.60 Å². The summed E-state index contributed by atoms with van der Waals surface area (Å²) in [7, 11) is -0.785. The largest absolute Gasteiger partial charge is 0.381 e. The summed E-state index contributed by atoms with van der Waals surface area (Å²) in [5, 5.41) is 15.6. The first kappa shape index (κ1) is 19.0. The predicted octanol–water partition coefficient (Wildman–Crippen LogP) is 4.90. The average Bonchev–Trinajstić information content (AvgIpc) is 2.81. The van der Waals surface area contributed by atoms with E-state index in [1.165, 1.54) is 27.0 Å². The minimum atomic E-state index is -1.02. The lowest BCUT2D eigenvalue weighted by atomic mass is 9.81. The topological polar surface area (TPSA) is 20.2 Å². The molecule has 0 saturated heterocycles. The standard InChI is InChI=1S/C28H23OP/c29-28(20-19-22-11-7-8-12-23(22)21-28)26-17-9-10-18-27(26)30(24-13-3-1-4-14-24)25-15-5-2-6-16-25/h1-20,29H,21H2. The van der Waals surface area contributed by atoms with Crippen molar-refractivity contribution in [1.82, 2.24) is 0 Å². The van der Waals surface area contributed by atoms with Crippen LogP contribution < -0.4 is 15.9 Å². The monoisotopic (exact) mass is 406 g/mol. The third kappa shape index (κ3) is 3.52. The van der Waals surface area contributed by atoms with Crippen LogP contribution in [0.2, 0.25) is 0 Å². The van der Waals surface area contributed by atoms with Crippen LogP contribution in [0.1, 0.15) is 16.7 Å². The van der Waals surface area contributed by atoms with Gasteiger partial charge in [-0.3, -0.25) is 0 Å². The maximum atomic E-state index is 11.8. The van der Waals surface area contributed by atoms with Crippen LogP contribution in [0.15, 0.2) is 115 Å². The zero-order valence-electron chi connectivity index (χ0n) is 16.6. The smallest absolute Gasteiger partial charge is 0.113 e. The summed E-state index contributed by atoms with van der Waals surface area (Å²) in [5.41, 5.74) is 2.35.